The molecule has 0 aromatic carbocycles. The highest BCUT2D eigenvalue weighted by Gasteiger charge is 2.20. The fourth-order valence-electron chi connectivity index (χ4n) is 2.74. The van der Waals surface area contributed by atoms with Crippen molar-refractivity contribution in [3.8, 4) is 0 Å². The molecule has 1 aromatic heterocycles. The van der Waals surface area contributed by atoms with Crippen LogP contribution in [0.15, 0.2) is 6.33 Å². The molecule has 5 nitrogen and oxygen atoms in total. The third kappa shape index (κ3) is 3.35. The Morgan fingerprint density at radius 3 is 2.79 bits per heavy atom. The van der Waals surface area contributed by atoms with Gasteiger partial charge >= 0.3 is 0 Å². The van der Waals surface area contributed by atoms with Gasteiger partial charge < -0.3 is 15.5 Å². The minimum Gasteiger partial charge on any atom is -0.373 e. The van der Waals surface area contributed by atoms with Crippen molar-refractivity contribution < 1.29 is 0 Å². The largest absolute Gasteiger partial charge is 0.373 e. The van der Waals surface area contributed by atoms with Crippen molar-refractivity contribution >= 4 is 11.6 Å². The average Bonchev–Trinajstić information content (AvgIpc) is 2.47. The van der Waals surface area contributed by atoms with Gasteiger partial charge in [0.05, 0.1) is 0 Å². The molecular formula is C14H25N5. The summed E-state index contributed by atoms with van der Waals surface area (Å²) in [6.45, 7) is 7.83. The van der Waals surface area contributed by atoms with E-state index in [1.165, 1.54) is 24.9 Å². The summed E-state index contributed by atoms with van der Waals surface area (Å²) in [5, 5.41) is 6.75. The number of piperidine rings is 1. The van der Waals surface area contributed by atoms with Crippen LogP contribution >= 0.6 is 0 Å². The van der Waals surface area contributed by atoms with Crippen LogP contribution in [-0.2, 0) is 6.42 Å². The second-order valence-electron chi connectivity index (χ2n) is 5.03. The van der Waals surface area contributed by atoms with Crippen LogP contribution in [0.3, 0.4) is 0 Å². The van der Waals surface area contributed by atoms with Crippen LogP contribution in [0.5, 0.6) is 0 Å². The lowest BCUT2D eigenvalue weighted by molar-refractivity contribution is 0.226. The number of nitrogens with zero attached hydrogens (tertiary/aromatic N) is 3. The lowest BCUT2D eigenvalue weighted by Crippen LogP contribution is -2.42. The summed E-state index contributed by atoms with van der Waals surface area (Å²) < 4.78 is 0. The molecule has 1 atom stereocenters. The van der Waals surface area contributed by atoms with Gasteiger partial charge in [-0.25, -0.2) is 9.97 Å². The topological polar surface area (TPSA) is 53.1 Å². The molecule has 1 unspecified atom stereocenters. The zero-order chi connectivity index (χ0) is 13.7. The first kappa shape index (κ1) is 14.1. The maximum Gasteiger partial charge on any atom is 0.134 e. The molecule has 0 aliphatic carbocycles. The maximum absolute atomic E-state index is 4.42. The Labute approximate surface area is 115 Å². The van der Waals surface area contributed by atoms with Crippen molar-refractivity contribution in [2.45, 2.75) is 39.2 Å². The molecule has 1 saturated heterocycles. The Balaban J connectivity index is 2.10. The Morgan fingerprint density at radius 1 is 1.32 bits per heavy atom. The maximum atomic E-state index is 4.42. The first-order chi connectivity index (χ1) is 9.28. The molecule has 1 aliphatic rings. The van der Waals surface area contributed by atoms with Crippen LogP contribution < -0.4 is 10.6 Å². The van der Waals surface area contributed by atoms with Crippen LogP contribution in [0.4, 0.5) is 11.6 Å². The SMILES string of the molecule is CCc1c(NC)ncnc1NC1CCCN(CC)C1. The Kier molecular flexibility index (Phi) is 4.96. The van der Waals surface area contributed by atoms with Gasteiger partial charge in [0.15, 0.2) is 0 Å². The third-order valence-corrected chi connectivity index (χ3v) is 3.83. The standard InChI is InChI=1S/C14H25N5/c1-4-12-13(15-3)16-10-17-14(12)18-11-7-6-8-19(5-2)9-11/h10-11H,4-9H2,1-3H3,(H2,15,16,17,18). The van der Waals surface area contributed by atoms with Gasteiger partial charge in [0, 0.05) is 25.2 Å². The van der Waals surface area contributed by atoms with Crippen molar-refractivity contribution in [3.05, 3.63) is 11.9 Å². The monoisotopic (exact) mass is 263 g/mol. The third-order valence-electron chi connectivity index (χ3n) is 3.83. The number of nitrogens with one attached hydrogen (secondary N) is 2. The minimum atomic E-state index is 0.499. The lowest BCUT2D eigenvalue weighted by atomic mass is 10.1. The Morgan fingerprint density at radius 2 is 2.11 bits per heavy atom. The van der Waals surface area contributed by atoms with E-state index < -0.39 is 0 Å². The molecular weight excluding hydrogens is 238 g/mol. The molecule has 0 saturated carbocycles. The molecule has 0 bridgehead atoms. The van der Waals surface area contributed by atoms with E-state index in [4.69, 9.17) is 0 Å². The molecule has 0 amide bonds. The first-order valence-electron chi connectivity index (χ1n) is 7.29. The smallest absolute Gasteiger partial charge is 0.134 e. The molecule has 1 fully saturated rings. The molecule has 1 aromatic rings. The van der Waals surface area contributed by atoms with Crippen molar-refractivity contribution in [2.75, 3.05) is 37.3 Å². The summed E-state index contributed by atoms with van der Waals surface area (Å²) in [7, 11) is 1.91. The summed E-state index contributed by atoms with van der Waals surface area (Å²) in [6.07, 6.45) is 5.05. The van der Waals surface area contributed by atoms with E-state index in [2.05, 4.69) is 39.3 Å². The summed E-state index contributed by atoms with van der Waals surface area (Å²) in [5.41, 5.74) is 1.18. The number of hydrogen-bond donors (Lipinski definition) is 2. The van der Waals surface area contributed by atoms with Gasteiger partial charge in [-0.05, 0) is 32.4 Å². The lowest BCUT2D eigenvalue weighted by Gasteiger charge is -2.33. The van der Waals surface area contributed by atoms with Crippen LogP contribution in [-0.4, -0.2) is 47.6 Å². The second kappa shape index (κ2) is 6.70. The van der Waals surface area contributed by atoms with Gasteiger partial charge in [-0.3, -0.25) is 0 Å². The average molecular weight is 263 g/mol. The van der Waals surface area contributed by atoms with E-state index in [1.54, 1.807) is 6.33 Å². The summed E-state index contributed by atoms with van der Waals surface area (Å²) in [6, 6.07) is 0.499. The molecule has 0 radical (unpaired) electrons. The van der Waals surface area contributed by atoms with E-state index in [0.717, 1.165) is 31.1 Å². The van der Waals surface area contributed by atoms with Crippen LogP contribution in [0.2, 0.25) is 0 Å². The predicted molar refractivity (Wildman–Crippen MR) is 79.7 cm³/mol. The minimum absolute atomic E-state index is 0.499. The second-order valence-corrected chi connectivity index (χ2v) is 5.03. The number of rotatable bonds is 5. The first-order valence-corrected chi connectivity index (χ1v) is 7.29. The van der Waals surface area contributed by atoms with Crippen LogP contribution in [0.1, 0.15) is 32.3 Å². The summed E-state index contributed by atoms with van der Waals surface area (Å²) >= 11 is 0. The van der Waals surface area contributed by atoms with Crippen molar-refractivity contribution in [1.82, 2.24) is 14.9 Å². The number of aromatic nitrogens is 2. The molecule has 5 heteroatoms. The van der Waals surface area contributed by atoms with E-state index >= 15 is 0 Å². The van der Waals surface area contributed by atoms with Crippen molar-refractivity contribution in [3.63, 3.8) is 0 Å². The fourth-order valence-corrected chi connectivity index (χ4v) is 2.74. The Hall–Kier alpha value is -1.36. The molecule has 2 heterocycles. The van der Waals surface area contributed by atoms with Gasteiger partial charge in [-0.15, -0.1) is 0 Å². The van der Waals surface area contributed by atoms with Crippen molar-refractivity contribution in [1.29, 1.82) is 0 Å². The van der Waals surface area contributed by atoms with Gasteiger partial charge in [-0.1, -0.05) is 13.8 Å². The highest BCUT2D eigenvalue weighted by Crippen LogP contribution is 2.22. The molecule has 19 heavy (non-hydrogen) atoms. The number of hydrogen-bond acceptors (Lipinski definition) is 5. The van der Waals surface area contributed by atoms with Crippen LogP contribution in [0.25, 0.3) is 0 Å². The fraction of sp³-hybridized carbons (Fsp3) is 0.714. The highest BCUT2D eigenvalue weighted by molar-refractivity contribution is 5.57. The summed E-state index contributed by atoms with van der Waals surface area (Å²) in [4.78, 5) is 11.2. The van der Waals surface area contributed by atoms with Gasteiger partial charge in [0.2, 0.25) is 0 Å². The van der Waals surface area contributed by atoms with Gasteiger partial charge in [0.25, 0.3) is 0 Å². The predicted octanol–water partition coefficient (Wildman–Crippen LogP) is 1.98. The van der Waals surface area contributed by atoms with Crippen LogP contribution in [0, 0.1) is 0 Å². The molecule has 1 aliphatic heterocycles. The molecule has 2 N–H and O–H groups in total. The van der Waals surface area contributed by atoms with Gasteiger partial charge in [-0.2, -0.15) is 0 Å². The molecule has 0 spiro atoms. The normalized spacial score (nSPS) is 20.3. The number of likely N-dealkylation sites (N-methyl/N-ethyl adjacent to an activating group) is 1. The molecule has 106 valence electrons. The quantitative estimate of drug-likeness (QED) is 0.850. The van der Waals surface area contributed by atoms with E-state index in [-0.39, 0.29) is 0 Å². The number of anilines is 2. The Bertz CT molecular complexity index is 407. The zero-order valence-electron chi connectivity index (χ0n) is 12.2. The van der Waals surface area contributed by atoms with E-state index in [1.807, 2.05) is 7.05 Å². The van der Waals surface area contributed by atoms with Crippen molar-refractivity contribution in [2.24, 2.45) is 0 Å². The van der Waals surface area contributed by atoms with Gasteiger partial charge in [0.1, 0.15) is 18.0 Å². The summed E-state index contributed by atoms with van der Waals surface area (Å²) in [5.74, 6) is 1.92. The molecule has 2 rings (SSSR count). The number of likely N-dealkylation sites (tertiary alicyclic amines) is 1. The van der Waals surface area contributed by atoms with E-state index in [0.29, 0.717) is 6.04 Å². The van der Waals surface area contributed by atoms with E-state index in [9.17, 15) is 0 Å². The highest BCUT2D eigenvalue weighted by atomic mass is 15.2. The zero-order valence-corrected chi connectivity index (χ0v) is 12.2.